The maximum atomic E-state index is 6.02. The molecule has 152 valence electrons. The van der Waals surface area contributed by atoms with Crippen molar-refractivity contribution < 1.29 is 9.47 Å². The molecule has 3 rings (SSSR count). The molecule has 1 aliphatic rings. The van der Waals surface area contributed by atoms with Gasteiger partial charge in [0.2, 0.25) is 0 Å². The van der Waals surface area contributed by atoms with Gasteiger partial charge in [0.15, 0.2) is 11.5 Å². The fourth-order valence-corrected chi connectivity index (χ4v) is 3.30. The molecule has 0 radical (unpaired) electrons. The summed E-state index contributed by atoms with van der Waals surface area (Å²) in [5, 5.41) is 6.93. The Morgan fingerprint density at radius 1 is 0.964 bits per heavy atom. The summed E-state index contributed by atoms with van der Waals surface area (Å²) in [4.78, 5) is 2.50. The number of nitrogens with zero attached hydrogens (tertiary/aromatic N) is 1. The Morgan fingerprint density at radius 3 is 2.46 bits per heavy atom. The second kappa shape index (κ2) is 11.1. The molecule has 0 saturated carbocycles. The molecule has 0 spiro atoms. The third-order valence-electron chi connectivity index (χ3n) is 4.97. The summed E-state index contributed by atoms with van der Waals surface area (Å²) in [7, 11) is 0. The quantitative estimate of drug-likeness (QED) is 0.618. The maximum absolute atomic E-state index is 6.02. The van der Waals surface area contributed by atoms with Crippen molar-refractivity contribution in [2.24, 2.45) is 0 Å². The van der Waals surface area contributed by atoms with Crippen LogP contribution in [0.3, 0.4) is 0 Å². The number of hydrogen-bond acceptors (Lipinski definition) is 5. The van der Waals surface area contributed by atoms with Crippen molar-refractivity contribution in [2.75, 3.05) is 45.9 Å². The van der Waals surface area contributed by atoms with Gasteiger partial charge >= 0.3 is 0 Å². The first-order valence-corrected chi connectivity index (χ1v) is 10.3. The highest BCUT2D eigenvalue weighted by Gasteiger charge is 2.09. The Hall–Kier alpha value is -2.08. The van der Waals surface area contributed by atoms with E-state index >= 15 is 0 Å². The third-order valence-corrected chi connectivity index (χ3v) is 4.97. The number of rotatable bonds is 10. The van der Waals surface area contributed by atoms with E-state index in [1.54, 1.807) is 0 Å². The minimum absolute atomic E-state index is 0.544. The molecule has 0 aliphatic carbocycles. The summed E-state index contributed by atoms with van der Waals surface area (Å²) in [6, 6.07) is 14.6. The topological polar surface area (TPSA) is 45.8 Å². The lowest BCUT2D eigenvalue weighted by molar-refractivity contribution is 0.241. The molecule has 2 N–H and O–H groups in total. The van der Waals surface area contributed by atoms with E-state index < -0.39 is 0 Å². The van der Waals surface area contributed by atoms with Crippen LogP contribution in [0, 0.1) is 6.92 Å². The molecule has 0 amide bonds. The Balaban J connectivity index is 1.50. The molecule has 0 unspecified atom stereocenters. The van der Waals surface area contributed by atoms with Gasteiger partial charge in [-0.1, -0.05) is 35.9 Å². The van der Waals surface area contributed by atoms with Crippen LogP contribution in [0.15, 0.2) is 42.5 Å². The summed E-state index contributed by atoms with van der Waals surface area (Å²) in [5.41, 5.74) is 3.63. The number of hydrogen-bond donors (Lipinski definition) is 2. The van der Waals surface area contributed by atoms with E-state index in [9.17, 15) is 0 Å². The maximum Gasteiger partial charge on any atom is 0.161 e. The van der Waals surface area contributed by atoms with Gasteiger partial charge < -0.3 is 20.1 Å². The SMILES string of the molecule is CCOc1cc(CNCCN2CCNCC2)ccc1OCc1ccc(C)cc1. The van der Waals surface area contributed by atoms with Crippen LogP contribution >= 0.6 is 0 Å². The first kappa shape index (κ1) is 20.6. The second-order valence-electron chi connectivity index (χ2n) is 7.26. The van der Waals surface area contributed by atoms with Crippen LogP contribution in [0.4, 0.5) is 0 Å². The monoisotopic (exact) mass is 383 g/mol. The zero-order valence-corrected chi connectivity index (χ0v) is 17.2. The van der Waals surface area contributed by atoms with E-state index in [2.05, 4.69) is 58.9 Å². The van der Waals surface area contributed by atoms with Crippen LogP contribution in [-0.4, -0.2) is 50.8 Å². The number of nitrogens with one attached hydrogen (secondary N) is 2. The molecular weight excluding hydrogens is 350 g/mol. The van der Waals surface area contributed by atoms with Crippen LogP contribution in [0.2, 0.25) is 0 Å². The predicted molar refractivity (Wildman–Crippen MR) is 114 cm³/mol. The van der Waals surface area contributed by atoms with Gasteiger partial charge in [0, 0.05) is 45.8 Å². The molecule has 1 aliphatic heterocycles. The minimum atomic E-state index is 0.544. The van der Waals surface area contributed by atoms with Gasteiger partial charge in [0.05, 0.1) is 6.61 Å². The van der Waals surface area contributed by atoms with Gasteiger partial charge in [0.1, 0.15) is 6.61 Å². The van der Waals surface area contributed by atoms with Gasteiger partial charge in [-0.2, -0.15) is 0 Å². The number of ether oxygens (including phenoxy) is 2. The zero-order chi connectivity index (χ0) is 19.6. The van der Waals surface area contributed by atoms with Crippen LogP contribution in [0.25, 0.3) is 0 Å². The number of benzene rings is 2. The van der Waals surface area contributed by atoms with Gasteiger partial charge in [-0.15, -0.1) is 0 Å². The predicted octanol–water partition coefficient (Wildman–Crippen LogP) is 2.97. The van der Waals surface area contributed by atoms with Crippen molar-refractivity contribution in [2.45, 2.75) is 27.0 Å². The smallest absolute Gasteiger partial charge is 0.161 e. The normalized spacial score (nSPS) is 14.8. The Morgan fingerprint density at radius 2 is 1.71 bits per heavy atom. The van der Waals surface area contributed by atoms with Gasteiger partial charge in [0.25, 0.3) is 0 Å². The molecular formula is C23H33N3O2. The Labute approximate surface area is 169 Å². The van der Waals surface area contributed by atoms with Crippen LogP contribution in [-0.2, 0) is 13.2 Å². The minimum Gasteiger partial charge on any atom is -0.490 e. The lowest BCUT2D eigenvalue weighted by Gasteiger charge is -2.27. The number of aryl methyl sites for hydroxylation is 1. The highest BCUT2D eigenvalue weighted by molar-refractivity contribution is 5.43. The fraction of sp³-hybridized carbons (Fsp3) is 0.478. The van der Waals surface area contributed by atoms with Crippen LogP contribution in [0.5, 0.6) is 11.5 Å². The molecule has 0 aromatic heterocycles. The largest absolute Gasteiger partial charge is 0.490 e. The van der Waals surface area contributed by atoms with Crippen molar-refractivity contribution in [1.29, 1.82) is 0 Å². The lowest BCUT2D eigenvalue weighted by atomic mass is 10.1. The van der Waals surface area contributed by atoms with Crippen LogP contribution < -0.4 is 20.1 Å². The molecule has 2 aromatic carbocycles. The van der Waals surface area contributed by atoms with Crippen molar-refractivity contribution in [3.05, 3.63) is 59.2 Å². The molecule has 2 aromatic rings. The van der Waals surface area contributed by atoms with Gasteiger partial charge in [-0.05, 0) is 37.1 Å². The molecule has 28 heavy (non-hydrogen) atoms. The molecule has 1 saturated heterocycles. The van der Waals surface area contributed by atoms with Crippen molar-refractivity contribution in [3.63, 3.8) is 0 Å². The first-order valence-electron chi connectivity index (χ1n) is 10.3. The Kier molecular flexibility index (Phi) is 8.15. The van der Waals surface area contributed by atoms with Gasteiger partial charge in [-0.25, -0.2) is 0 Å². The average Bonchev–Trinajstić information content (AvgIpc) is 2.73. The van der Waals surface area contributed by atoms with Gasteiger partial charge in [-0.3, -0.25) is 4.90 Å². The fourth-order valence-electron chi connectivity index (χ4n) is 3.30. The van der Waals surface area contributed by atoms with E-state index in [0.717, 1.165) is 62.9 Å². The number of piperazine rings is 1. The van der Waals surface area contributed by atoms with Crippen molar-refractivity contribution in [3.8, 4) is 11.5 Å². The molecule has 0 atom stereocenters. The summed E-state index contributed by atoms with van der Waals surface area (Å²) in [5.74, 6) is 1.61. The standard InChI is InChI=1S/C23H33N3O2/c1-3-27-23-16-21(17-25-12-15-26-13-10-24-11-14-26)8-9-22(23)28-18-20-6-4-19(2)5-7-20/h4-9,16,24-25H,3,10-15,17-18H2,1-2H3. The van der Waals surface area contributed by atoms with E-state index in [1.807, 2.05) is 13.0 Å². The van der Waals surface area contributed by atoms with Crippen molar-refractivity contribution >= 4 is 0 Å². The highest BCUT2D eigenvalue weighted by Crippen LogP contribution is 2.29. The molecule has 1 heterocycles. The average molecular weight is 384 g/mol. The molecule has 0 bridgehead atoms. The third kappa shape index (κ3) is 6.51. The highest BCUT2D eigenvalue weighted by atomic mass is 16.5. The van der Waals surface area contributed by atoms with E-state index in [1.165, 1.54) is 11.1 Å². The summed E-state index contributed by atoms with van der Waals surface area (Å²) in [6.07, 6.45) is 0. The van der Waals surface area contributed by atoms with E-state index in [0.29, 0.717) is 13.2 Å². The van der Waals surface area contributed by atoms with Crippen molar-refractivity contribution in [1.82, 2.24) is 15.5 Å². The van der Waals surface area contributed by atoms with E-state index in [-0.39, 0.29) is 0 Å². The first-order chi connectivity index (χ1) is 13.7. The van der Waals surface area contributed by atoms with Crippen LogP contribution in [0.1, 0.15) is 23.6 Å². The summed E-state index contributed by atoms with van der Waals surface area (Å²) >= 11 is 0. The summed E-state index contributed by atoms with van der Waals surface area (Å²) < 4.78 is 11.8. The lowest BCUT2D eigenvalue weighted by Crippen LogP contribution is -2.45. The summed E-state index contributed by atoms with van der Waals surface area (Å²) in [6.45, 7) is 12.7. The second-order valence-corrected chi connectivity index (χ2v) is 7.26. The molecule has 5 heteroatoms. The zero-order valence-electron chi connectivity index (χ0n) is 17.2. The van der Waals surface area contributed by atoms with E-state index in [4.69, 9.17) is 9.47 Å². The Bertz CT molecular complexity index is 712. The molecule has 5 nitrogen and oxygen atoms in total. The molecule has 1 fully saturated rings.